The zero-order chi connectivity index (χ0) is 18.4. The van der Waals surface area contributed by atoms with Crippen LogP contribution in [-0.4, -0.2) is 37.3 Å². The molecule has 7 nitrogen and oxygen atoms in total. The van der Waals surface area contributed by atoms with Gasteiger partial charge >= 0.3 is 5.97 Å². The van der Waals surface area contributed by atoms with Crippen LogP contribution in [0.4, 0.5) is 5.69 Å². The highest BCUT2D eigenvalue weighted by Crippen LogP contribution is 2.28. The Hall–Kier alpha value is -3.22. The largest absolute Gasteiger partial charge is 0.505 e. The fourth-order valence-corrected chi connectivity index (χ4v) is 2.07. The molecule has 2 aromatic rings. The van der Waals surface area contributed by atoms with Gasteiger partial charge in [0.25, 0.3) is 5.91 Å². The molecule has 2 aromatic carbocycles. The Labute approximate surface area is 145 Å². The van der Waals surface area contributed by atoms with Gasteiger partial charge in [0.15, 0.2) is 11.9 Å². The lowest BCUT2D eigenvalue weighted by Gasteiger charge is -2.16. The minimum absolute atomic E-state index is 0.0379. The van der Waals surface area contributed by atoms with Crippen LogP contribution in [0.1, 0.15) is 17.3 Å². The van der Waals surface area contributed by atoms with Gasteiger partial charge in [0, 0.05) is 0 Å². The number of methoxy groups -OCH3 is 2. The molecule has 2 N–H and O–H groups in total. The van der Waals surface area contributed by atoms with E-state index in [1.54, 1.807) is 38.3 Å². The van der Waals surface area contributed by atoms with Crippen molar-refractivity contribution in [2.24, 2.45) is 0 Å². The minimum Gasteiger partial charge on any atom is -0.505 e. The van der Waals surface area contributed by atoms with Gasteiger partial charge in [-0.05, 0) is 43.3 Å². The molecule has 1 amide bonds. The van der Waals surface area contributed by atoms with Gasteiger partial charge in [-0.3, -0.25) is 4.79 Å². The van der Waals surface area contributed by atoms with Gasteiger partial charge in [-0.15, -0.1) is 0 Å². The van der Waals surface area contributed by atoms with Crippen molar-refractivity contribution in [1.29, 1.82) is 0 Å². The van der Waals surface area contributed by atoms with Crippen molar-refractivity contribution in [2.75, 3.05) is 19.5 Å². The lowest BCUT2D eigenvalue weighted by Crippen LogP contribution is -2.30. The molecule has 0 saturated carbocycles. The maximum Gasteiger partial charge on any atom is 0.341 e. The summed E-state index contributed by atoms with van der Waals surface area (Å²) in [7, 11) is 2.76. The van der Waals surface area contributed by atoms with Gasteiger partial charge in [0.2, 0.25) is 0 Å². The zero-order valence-electron chi connectivity index (χ0n) is 14.1. The number of ether oxygens (including phenoxy) is 3. The van der Waals surface area contributed by atoms with E-state index >= 15 is 0 Å². The van der Waals surface area contributed by atoms with Crippen molar-refractivity contribution in [1.82, 2.24) is 0 Å². The molecular formula is C18H19NO6. The van der Waals surface area contributed by atoms with E-state index in [1.807, 2.05) is 0 Å². The van der Waals surface area contributed by atoms with Gasteiger partial charge in [0.05, 0.1) is 19.9 Å². The van der Waals surface area contributed by atoms with E-state index in [2.05, 4.69) is 10.1 Å². The Bertz CT molecular complexity index is 757. The van der Waals surface area contributed by atoms with Crippen LogP contribution in [0.3, 0.4) is 0 Å². The lowest BCUT2D eigenvalue weighted by atomic mass is 10.1. The number of esters is 1. The molecule has 25 heavy (non-hydrogen) atoms. The number of benzene rings is 2. The van der Waals surface area contributed by atoms with Crippen LogP contribution >= 0.6 is 0 Å². The average Bonchev–Trinajstić information content (AvgIpc) is 2.63. The molecule has 1 unspecified atom stereocenters. The molecule has 0 aromatic heterocycles. The Kier molecular flexibility index (Phi) is 5.84. The van der Waals surface area contributed by atoms with Crippen LogP contribution < -0.4 is 14.8 Å². The standard InChI is InChI=1S/C18H19NO6/c1-11(25-13-9-7-12(23-2)8-10-13)17(21)19-15-6-4-5-14(16(15)20)18(22)24-3/h4-11,20H,1-3H3,(H,19,21). The first-order chi connectivity index (χ1) is 12.0. The van der Waals surface area contributed by atoms with Gasteiger partial charge in [0.1, 0.15) is 17.1 Å². The number of nitrogens with one attached hydrogen (secondary N) is 1. The van der Waals surface area contributed by atoms with Crippen molar-refractivity contribution in [2.45, 2.75) is 13.0 Å². The zero-order valence-corrected chi connectivity index (χ0v) is 14.1. The molecule has 0 aliphatic carbocycles. The summed E-state index contributed by atoms with van der Waals surface area (Å²) in [5.74, 6) is -0.367. The van der Waals surface area contributed by atoms with E-state index in [1.165, 1.54) is 25.3 Å². The Balaban J connectivity index is 2.06. The second-order valence-electron chi connectivity index (χ2n) is 5.12. The molecule has 0 aliphatic heterocycles. The summed E-state index contributed by atoms with van der Waals surface area (Å²) in [6.07, 6.45) is -0.824. The topological polar surface area (TPSA) is 94.1 Å². The number of anilines is 1. The Morgan fingerprint density at radius 3 is 2.28 bits per heavy atom. The predicted octanol–water partition coefficient (Wildman–Crippen LogP) is 2.59. The fourth-order valence-electron chi connectivity index (χ4n) is 2.07. The highest BCUT2D eigenvalue weighted by molar-refractivity contribution is 5.99. The van der Waals surface area contributed by atoms with Crippen molar-refractivity contribution in [3.63, 3.8) is 0 Å². The van der Waals surface area contributed by atoms with Gasteiger partial charge in [-0.2, -0.15) is 0 Å². The monoisotopic (exact) mass is 345 g/mol. The molecule has 7 heteroatoms. The van der Waals surface area contributed by atoms with E-state index in [4.69, 9.17) is 9.47 Å². The summed E-state index contributed by atoms with van der Waals surface area (Å²) in [4.78, 5) is 23.8. The van der Waals surface area contributed by atoms with Crippen LogP contribution in [0.25, 0.3) is 0 Å². The summed E-state index contributed by atoms with van der Waals surface area (Å²) in [6, 6.07) is 11.2. The first-order valence-electron chi connectivity index (χ1n) is 7.48. The van der Waals surface area contributed by atoms with Crippen molar-refractivity contribution >= 4 is 17.6 Å². The summed E-state index contributed by atoms with van der Waals surface area (Å²) in [6.45, 7) is 1.57. The van der Waals surface area contributed by atoms with Crippen LogP contribution in [-0.2, 0) is 9.53 Å². The number of amides is 1. The number of para-hydroxylation sites is 1. The second kappa shape index (κ2) is 8.05. The SMILES string of the molecule is COC(=O)c1cccc(NC(=O)C(C)Oc2ccc(OC)cc2)c1O. The summed E-state index contributed by atoms with van der Waals surface area (Å²) in [5.41, 5.74) is 0.0575. The number of carbonyl (C=O) groups is 2. The van der Waals surface area contributed by atoms with Crippen molar-refractivity contribution in [3.8, 4) is 17.2 Å². The third kappa shape index (κ3) is 4.41. The molecule has 2 rings (SSSR count). The smallest absolute Gasteiger partial charge is 0.341 e. The number of phenolic OH excluding ortho intramolecular Hbond substituents is 1. The van der Waals surface area contributed by atoms with Crippen LogP contribution in [0.15, 0.2) is 42.5 Å². The predicted molar refractivity (Wildman–Crippen MR) is 91.2 cm³/mol. The fraction of sp³-hybridized carbons (Fsp3) is 0.222. The normalized spacial score (nSPS) is 11.3. The van der Waals surface area contributed by atoms with E-state index in [-0.39, 0.29) is 17.0 Å². The number of rotatable bonds is 6. The maximum absolute atomic E-state index is 12.3. The van der Waals surface area contributed by atoms with Crippen LogP contribution in [0, 0.1) is 0 Å². The third-order valence-corrected chi connectivity index (χ3v) is 3.44. The molecule has 0 bridgehead atoms. The third-order valence-electron chi connectivity index (χ3n) is 3.44. The van der Waals surface area contributed by atoms with Gasteiger partial charge in [-0.1, -0.05) is 6.07 Å². The van der Waals surface area contributed by atoms with Crippen LogP contribution in [0.2, 0.25) is 0 Å². The quantitative estimate of drug-likeness (QED) is 0.617. The summed E-state index contributed by atoms with van der Waals surface area (Å²) in [5, 5.41) is 12.6. The van der Waals surface area contributed by atoms with E-state index in [9.17, 15) is 14.7 Å². The number of carbonyl (C=O) groups excluding carboxylic acids is 2. The number of hydrogen-bond donors (Lipinski definition) is 2. The van der Waals surface area contributed by atoms with E-state index in [0.717, 1.165) is 0 Å². The molecule has 0 aliphatic rings. The molecule has 0 saturated heterocycles. The first kappa shape index (κ1) is 18.1. The highest BCUT2D eigenvalue weighted by Gasteiger charge is 2.19. The molecule has 0 radical (unpaired) electrons. The Morgan fingerprint density at radius 2 is 1.68 bits per heavy atom. The molecule has 132 valence electrons. The maximum atomic E-state index is 12.3. The van der Waals surface area contributed by atoms with Crippen molar-refractivity contribution in [3.05, 3.63) is 48.0 Å². The molecule has 0 fully saturated rings. The number of phenols is 1. The first-order valence-corrected chi connectivity index (χ1v) is 7.48. The van der Waals surface area contributed by atoms with Gasteiger partial charge in [-0.25, -0.2) is 4.79 Å². The number of aromatic hydroxyl groups is 1. The minimum atomic E-state index is -0.824. The Morgan fingerprint density at radius 1 is 1.04 bits per heavy atom. The summed E-state index contributed by atoms with van der Waals surface area (Å²) < 4.78 is 15.2. The van der Waals surface area contributed by atoms with E-state index < -0.39 is 18.0 Å². The summed E-state index contributed by atoms with van der Waals surface area (Å²) >= 11 is 0. The molecule has 1 atom stereocenters. The molecule has 0 spiro atoms. The van der Waals surface area contributed by atoms with E-state index in [0.29, 0.717) is 11.5 Å². The molecular weight excluding hydrogens is 326 g/mol. The number of hydrogen-bond acceptors (Lipinski definition) is 6. The van der Waals surface area contributed by atoms with Crippen LogP contribution in [0.5, 0.6) is 17.2 Å². The van der Waals surface area contributed by atoms with Crippen molar-refractivity contribution < 1.29 is 28.9 Å². The highest BCUT2D eigenvalue weighted by atomic mass is 16.5. The lowest BCUT2D eigenvalue weighted by molar-refractivity contribution is -0.122. The van der Waals surface area contributed by atoms with Gasteiger partial charge < -0.3 is 24.6 Å². The average molecular weight is 345 g/mol. The second-order valence-corrected chi connectivity index (χ2v) is 5.12. The molecule has 0 heterocycles.